The molecule has 6 heteroatoms. The highest BCUT2D eigenvalue weighted by Crippen LogP contribution is 2.36. The van der Waals surface area contributed by atoms with Gasteiger partial charge in [0.15, 0.2) is 0 Å². The van der Waals surface area contributed by atoms with Gasteiger partial charge in [-0.15, -0.1) is 0 Å². The van der Waals surface area contributed by atoms with E-state index in [0.29, 0.717) is 12.2 Å². The summed E-state index contributed by atoms with van der Waals surface area (Å²) in [6, 6.07) is 2.88. The fourth-order valence-electron chi connectivity index (χ4n) is 2.77. The van der Waals surface area contributed by atoms with E-state index in [1.165, 1.54) is 6.07 Å². The summed E-state index contributed by atoms with van der Waals surface area (Å²) in [7, 11) is 1.71. The van der Waals surface area contributed by atoms with Crippen molar-refractivity contribution in [3.05, 3.63) is 35.1 Å². The maximum absolute atomic E-state index is 13.6. The molecule has 20 heavy (non-hydrogen) atoms. The molecule has 1 aromatic rings. The standard InChI is InChI=1S/C14H17F4NO/c1-8-10(5-6-20-8)13(19-2)9-3-4-11(12(15)7-9)14(16,17)18/h3-4,7-8,10,13,19H,5-6H2,1-2H3. The molecule has 2 rings (SSSR count). The Morgan fingerprint density at radius 3 is 2.50 bits per heavy atom. The predicted octanol–water partition coefficient (Wildman–Crippen LogP) is 3.53. The van der Waals surface area contributed by atoms with Crippen molar-refractivity contribution in [2.24, 2.45) is 5.92 Å². The highest BCUT2D eigenvalue weighted by atomic mass is 19.4. The summed E-state index contributed by atoms with van der Waals surface area (Å²) in [5, 5.41) is 3.05. The van der Waals surface area contributed by atoms with E-state index in [0.717, 1.165) is 18.6 Å². The Kier molecular flexibility index (Phi) is 4.34. The summed E-state index contributed by atoms with van der Waals surface area (Å²) in [6.07, 6.45) is -3.87. The zero-order valence-electron chi connectivity index (χ0n) is 11.3. The van der Waals surface area contributed by atoms with Crippen LogP contribution >= 0.6 is 0 Å². The first-order chi connectivity index (χ1) is 9.34. The van der Waals surface area contributed by atoms with E-state index in [1.807, 2.05) is 6.92 Å². The van der Waals surface area contributed by atoms with Crippen molar-refractivity contribution in [2.45, 2.75) is 31.7 Å². The van der Waals surface area contributed by atoms with Crippen LogP contribution in [0.4, 0.5) is 17.6 Å². The molecule has 1 N–H and O–H groups in total. The van der Waals surface area contributed by atoms with E-state index < -0.39 is 17.6 Å². The maximum atomic E-state index is 13.6. The molecule has 0 radical (unpaired) electrons. The van der Waals surface area contributed by atoms with E-state index in [9.17, 15) is 17.6 Å². The Morgan fingerprint density at radius 2 is 2.05 bits per heavy atom. The summed E-state index contributed by atoms with van der Waals surface area (Å²) >= 11 is 0. The number of rotatable bonds is 3. The van der Waals surface area contributed by atoms with Crippen molar-refractivity contribution in [1.82, 2.24) is 5.32 Å². The zero-order chi connectivity index (χ0) is 14.9. The van der Waals surface area contributed by atoms with Gasteiger partial charge in [0.05, 0.1) is 11.7 Å². The molecule has 1 aliphatic rings. The summed E-state index contributed by atoms with van der Waals surface area (Å²) in [5.41, 5.74) is -0.716. The normalized spacial score (nSPS) is 24.9. The number of benzene rings is 1. The van der Waals surface area contributed by atoms with Gasteiger partial charge in [-0.2, -0.15) is 13.2 Å². The molecule has 1 aromatic carbocycles. The first kappa shape index (κ1) is 15.3. The van der Waals surface area contributed by atoms with Crippen LogP contribution < -0.4 is 5.32 Å². The van der Waals surface area contributed by atoms with Crippen molar-refractivity contribution >= 4 is 0 Å². The molecule has 112 valence electrons. The second-order valence-corrected chi connectivity index (χ2v) is 5.03. The fourth-order valence-corrected chi connectivity index (χ4v) is 2.77. The molecule has 0 spiro atoms. The van der Waals surface area contributed by atoms with Crippen molar-refractivity contribution in [3.63, 3.8) is 0 Å². The summed E-state index contributed by atoms with van der Waals surface area (Å²) in [6.45, 7) is 2.54. The van der Waals surface area contributed by atoms with Crippen molar-refractivity contribution in [2.75, 3.05) is 13.7 Å². The van der Waals surface area contributed by atoms with Gasteiger partial charge in [-0.3, -0.25) is 0 Å². The third-order valence-corrected chi connectivity index (χ3v) is 3.83. The van der Waals surface area contributed by atoms with Crippen molar-refractivity contribution in [1.29, 1.82) is 0 Å². The minimum absolute atomic E-state index is 0.00203. The van der Waals surface area contributed by atoms with Gasteiger partial charge < -0.3 is 10.1 Å². The minimum Gasteiger partial charge on any atom is -0.378 e. The number of hydrogen-bond acceptors (Lipinski definition) is 2. The maximum Gasteiger partial charge on any atom is 0.419 e. The largest absolute Gasteiger partial charge is 0.419 e. The fraction of sp³-hybridized carbons (Fsp3) is 0.571. The van der Waals surface area contributed by atoms with Crippen LogP contribution in [0.25, 0.3) is 0 Å². The molecule has 1 saturated heterocycles. The molecule has 3 atom stereocenters. The van der Waals surface area contributed by atoms with Crippen molar-refractivity contribution < 1.29 is 22.3 Å². The first-order valence-corrected chi connectivity index (χ1v) is 6.50. The molecule has 3 unspecified atom stereocenters. The monoisotopic (exact) mass is 291 g/mol. The molecule has 0 bridgehead atoms. The van der Waals surface area contributed by atoms with E-state index >= 15 is 0 Å². The Morgan fingerprint density at radius 1 is 1.35 bits per heavy atom. The van der Waals surface area contributed by atoms with Crippen molar-refractivity contribution in [3.8, 4) is 0 Å². The quantitative estimate of drug-likeness (QED) is 0.860. The number of hydrogen-bond donors (Lipinski definition) is 1. The molecule has 1 aliphatic heterocycles. The lowest BCUT2D eigenvalue weighted by Crippen LogP contribution is -2.29. The van der Waals surface area contributed by atoms with Crippen LogP contribution in [-0.4, -0.2) is 19.8 Å². The van der Waals surface area contributed by atoms with E-state index in [-0.39, 0.29) is 18.1 Å². The Bertz CT molecular complexity index is 475. The Hall–Kier alpha value is -1.14. The highest BCUT2D eigenvalue weighted by Gasteiger charge is 2.36. The van der Waals surface area contributed by atoms with Gasteiger partial charge in [0.1, 0.15) is 5.82 Å². The SMILES string of the molecule is CNC(c1ccc(C(F)(F)F)c(F)c1)C1CCOC1C. The van der Waals surface area contributed by atoms with Gasteiger partial charge in [0.25, 0.3) is 0 Å². The average Bonchev–Trinajstić information content (AvgIpc) is 2.75. The van der Waals surface area contributed by atoms with Gasteiger partial charge in [0, 0.05) is 18.6 Å². The van der Waals surface area contributed by atoms with Crippen LogP contribution in [0.1, 0.15) is 30.5 Å². The summed E-state index contributed by atoms with van der Waals surface area (Å²) < 4.78 is 56.8. The summed E-state index contributed by atoms with van der Waals surface area (Å²) in [5.74, 6) is -1.11. The van der Waals surface area contributed by atoms with Gasteiger partial charge in [-0.25, -0.2) is 4.39 Å². The van der Waals surface area contributed by atoms with Gasteiger partial charge >= 0.3 is 6.18 Å². The minimum atomic E-state index is -4.67. The number of halogens is 4. The van der Waals surface area contributed by atoms with Crippen LogP contribution in [0.3, 0.4) is 0 Å². The molecule has 0 aromatic heterocycles. The molecular weight excluding hydrogens is 274 g/mol. The molecular formula is C14H17F4NO. The van der Waals surface area contributed by atoms with Crippen LogP contribution in [-0.2, 0) is 10.9 Å². The topological polar surface area (TPSA) is 21.3 Å². The van der Waals surface area contributed by atoms with Crippen LogP contribution in [0.2, 0.25) is 0 Å². The third kappa shape index (κ3) is 2.96. The predicted molar refractivity (Wildman–Crippen MR) is 66.7 cm³/mol. The molecule has 1 fully saturated rings. The third-order valence-electron chi connectivity index (χ3n) is 3.83. The van der Waals surface area contributed by atoms with E-state index in [1.54, 1.807) is 7.05 Å². The lowest BCUT2D eigenvalue weighted by atomic mass is 9.88. The van der Waals surface area contributed by atoms with Crippen LogP contribution in [0, 0.1) is 11.7 Å². The molecule has 0 aliphatic carbocycles. The average molecular weight is 291 g/mol. The number of nitrogens with one attached hydrogen (secondary N) is 1. The molecule has 0 saturated carbocycles. The Balaban J connectivity index is 2.30. The van der Waals surface area contributed by atoms with Crippen LogP contribution in [0.5, 0.6) is 0 Å². The number of alkyl halides is 3. The smallest absolute Gasteiger partial charge is 0.378 e. The Labute approximate surface area is 115 Å². The van der Waals surface area contributed by atoms with E-state index in [4.69, 9.17) is 4.74 Å². The molecule has 2 nitrogen and oxygen atoms in total. The molecule has 1 heterocycles. The summed E-state index contributed by atoms with van der Waals surface area (Å²) in [4.78, 5) is 0. The lowest BCUT2D eigenvalue weighted by Gasteiger charge is -2.26. The van der Waals surface area contributed by atoms with Crippen LogP contribution in [0.15, 0.2) is 18.2 Å². The van der Waals surface area contributed by atoms with Gasteiger partial charge in [0.2, 0.25) is 0 Å². The highest BCUT2D eigenvalue weighted by molar-refractivity contribution is 5.29. The van der Waals surface area contributed by atoms with Gasteiger partial charge in [-0.05, 0) is 38.1 Å². The molecule has 0 amide bonds. The van der Waals surface area contributed by atoms with E-state index in [2.05, 4.69) is 5.32 Å². The second-order valence-electron chi connectivity index (χ2n) is 5.03. The lowest BCUT2D eigenvalue weighted by molar-refractivity contribution is -0.140. The number of ether oxygens (including phenoxy) is 1. The second kappa shape index (κ2) is 5.69. The zero-order valence-corrected chi connectivity index (χ0v) is 11.3. The first-order valence-electron chi connectivity index (χ1n) is 6.50. The van der Waals surface area contributed by atoms with Gasteiger partial charge in [-0.1, -0.05) is 6.07 Å².